The van der Waals surface area contributed by atoms with E-state index in [4.69, 9.17) is 9.72 Å². The number of morpholine rings is 1. The third-order valence-corrected chi connectivity index (χ3v) is 3.26. The molecule has 21 heavy (non-hydrogen) atoms. The normalized spacial score (nSPS) is 21.2. The van der Waals surface area contributed by atoms with Crippen LogP contribution in [-0.4, -0.2) is 34.8 Å². The maximum atomic E-state index is 6.14. The van der Waals surface area contributed by atoms with Crippen LogP contribution in [0.1, 0.15) is 48.5 Å². The van der Waals surface area contributed by atoms with E-state index in [1.54, 1.807) is 0 Å². The van der Waals surface area contributed by atoms with E-state index in [0.717, 1.165) is 24.7 Å². The minimum Gasteiger partial charge on any atom is -0.366 e. The molecule has 0 radical (unpaired) electrons. The van der Waals surface area contributed by atoms with Gasteiger partial charge in [-0.1, -0.05) is 6.07 Å². The van der Waals surface area contributed by atoms with Gasteiger partial charge in [0.05, 0.1) is 11.2 Å². The van der Waals surface area contributed by atoms with Crippen LogP contribution in [0.3, 0.4) is 0 Å². The van der Waals surface area contributed by atoms with Gasteiger partial charge in [-0.3, -0.25) is 0 Å². The monoisotopic (exact) mass is 291 g/mol. The number of rotatable bonds is 2. The predicted octanol–water partition coefficient (Wildman–Crippen LogP) is 3.69. The fourth-order valence-corrected chi connectivity index (χ4v) is 3.00. The van der Waals surface area contributed by atoms with E-state index in [2.05, 4.69) is 70.8 Å². The molecule has 0 aliphatic carbocycles. The molecule has 4 nitrogen and oxygen atoms in total. The van der Waals surface area contributed by atoms with Gasteiger partial charge in [-0.2, -0.15) is 0 Å². The molecule has 1 aromatic heterocycles. The highest BCUT2D eigenvalue weighted by Gasteiger charge is 2.38. The molecule has 118 valence electrons. The van der Waals surface area contributed by atoms with Gasteiger partial charge >= 0.3 is 0 Å². The second kappa shape index (κ2) is 5.16. The molecule has 2 rings (SSSR count). The molecule has 0 saturated carbocycles. The molecular formula is C17H29N3O. The van der Waals surface area contributed by atoms with Crippen LogP contribution in [0.2, 0.25) is 0 Å². The minimum atomic E-state index is -0.170. The zero-order valence-electron chi connectivity index (χ0n) is 14.4. The lowest BCUT2D eigenvalue weighted by atomic mass is 9.99. The second-order valence-corrected chi connectivity index (χ2v) is 8.23. The van der Waals surface area contributed by atoms with Crippen LogP contribution in [0.15, 0.2) is 18.2 Å². The first-order valence-electron chi connectivity index (χ1n) is 7.66. The third kappa shape index (κ3) is 4.60. The average molecular weight is 291 g/mol. The van der Waals surface area contributed by atoms with E-state index in [9.17, 15) is 0 Å². The molecule has 2 heterocycles. The van der Waals surface area contributed by atoms with Crippen molar-refractivity contribution in [3.05, 3.63) is 18.2 Å². The molecule has 1 aliphatic heterocycles. The van der Waals surface area contributed by atoms with E-state index in [1.165, 1.54) is 0 Å². The van der Waals surface area contributed by atoms with Crippen molar-refractivity contribution in [1.29, 1.82) is 0 Å². The number of hydrogen-bond donors (Lipinski definition) is 1. The Morgan fingerprint density at radius 3 is 2.19 bits per heavy atom. The minimum absolute atomic E-state index is 0.00910. The summed E-state index contributed by atoms with van der Waals surface area (Å²) in [6.07, 6.45) is 0. The van der Waals surface area contributed by atoms with Gasteiger partial charge in [0.15, 0.2) is 0 Å². The van der Waals surface area contributed by atoms with E-state index < -0.39 is 0 Å². The van der Waals surface area contributed by atoms with E-state index in [-0.39, 0.29) is 16.7 Å². The highest BCUT2D eigenvalue weighted by molar-refractivity contribution is 5.49. The van der Waals surface area contributed by atoms with Crippen LogP contribution >= 0.6 is 0 Å². The lowest BCUT2D eigenvalue weighted by Gasteiger charge is -2.47. The second-order valence-electron chi connectivity index (χ2n) is 8.23. The highest BCUT2D eigenvalue weighted by Crippen LogP contribution is 2.31. The molecule has 1 fully saturated rings. The summed E-state index contributed by atoms with van der Waals surface area (Å²) < 4.78 is 6.14. The summed E-state index contributed by atoms with van der Waals surface area (Å²) in [6, 6.07) is 6.16. The summed E-state index contributed by atoms with van der Waals surface area (Å²) in [7, 11) is 0. The molecule has 1 N–H and O–H groups in total. The van der Waals surface area contributed by atoms with Gasteiger partial charge in [-0.25, -0.2) is 4.98 Å². The highest BCUT2D eigenvalue weighted by atomic mass is 16.5. The van der Waals surface area contributed by atoms with E-state index >= 15 is 0 Å². The summed E-state index contributed by atoms with van der Waals surface area (Å²) in [4.78, 5) is 7.09. The number of nitrogens with one attached hydrogen (secondary N) is 1. The molecule has 0 bridgehead atoms. The molecule has 0 amide bonds. The van der Waals surface area contributed by atoms with Crippen molar-refractivity contribution >= 4 is 11.6 Å². The zero-order valence-corrected chi connectivity index (χ0v) is 14.4. The van der Waals surface area contributed by atoms with Crippen molar-refractivity contribution in [2.24, 2.45) is 0 Å². The van der Waals surface area contributed by atoms with Crippen molar-refractivity contribution in [2.75, 3.05) is 23.3 Å². The fourth-order valence-electron chi connectivity index (χ4n) is 3.00. The first-order chi connectivity index (χ1) is 9.46. The molecular weight excluding hydrogens is 262 g/mol. The van der Waals surface area contributed by atoms with Gasteiger partial charge < -0.3 is 15.0 Å². The molecule has 0 atom stereocenters. The van der Waals surface area contributed by atoms with Crippen LogP contribution in [0.5, 0.6) is 0 Å². The fraction of sp³-hybridized carbons (Fsp3) is 0.706. The summed E-state index contributed by atoms with van der Waals surface area (Å²) in [5.41, 5.74) is -0.330. The van der Waals surface area contributed by atoms with Crippen LogP contribution in [0, 0.1) is 0 Å². The Balaban J connectivity index is 2.23. The average Bonchev–Trinajstić information content (AvgIpc) is 2.22. The molecule has 0 unspecified atom stereocenters. The quantitative estimate of drug-likeness (QED) is 0.902. The Morgan fingerprint density at radius 2 is 1.67 bits per heavy atom. The Hall–Kier alpha value is -1.29. The SMILES string of the molecule is CC(C)(C)Nc1cccc(N2CC(C)(C)OC(C)(C)C2)n1. The zero-order chi connectivity index (χ0) is 15.9. The number of aromatic nitrogens is 1. The number of nitrogens with zero attached hydrogens (tertiary/aromatic N) is 2. The largest absolute Gasteiger partial charge is 0.366 e. The Morgan fingerprint density at radius 1 is 1.10 bits per heavy atom. The Labute approximate surface area is 128 Å². The van der Waals surface area contributed by atoms with Crippen molar-refractivity contribution in [2.45, 2.75) is 65.2 Å². The van der Waals surface area contributed by atoms with Crippen LogP contribution in [0.4, 0.5) is 11.6 Å². The van der Waals surface area contributed by atoms with Gasteiger partial charge in [0.1, 0.15) is 11.6 Å². The lowest BCUT2D eigenvalue weighted by Crippen LogP contribution is -2.57. The van der Waals surface area contributed by atoms with Gasteiger partial charge in [0.25, 0.3) is 0 Å². The maximum absolute atomic E-state index is 6.14. The van der Waals surface area contributed by atoms with Crippen molar-refractivity contribution in [3.8, 4) is 0 Å². The van der Waals surface area contributed by atoms with Crippen LogP contribution in [0.25, 0.3) is 0 Å². The number of ether oxygens (including phenoxy) is 1. The molecule has 1 saturated heterocycles. The molecule has 0 spiro atoms. The van der Waals surface area contributed by atoms with Crippen LogP contribution < -0.4 is 10.2 Å². The van der Waals surface area contributed by atoms with Crippen molar-refractivity contribution in [1.82, 2.24) is 4.98 Å². The molecule has 4 heteroatoms. The number of hydrogen-bond acceptors (Lipinski definition) is 4. The van der Waals surface area contributed by atoms with E-state index in [1.807, 2.05) is 6.07 Å². The molecule has 0 aromatic carbocycles. The molecule has 1 aromatic rings. The van der Waals surface area contributed by atoms with Gasteiger partial charge in [0.2, 0.25) is 0 Å². The summed E-state index contributed by atoms with van der Waals surface area (Å²) in [6.45, 7) is 16.7. The Kier molecular flexibility index (Phi) is 3.96. The van der Waals surface area contributed by atoms with Gasteiger partial charge in [-0.15, -0.1) is 0 Å². The van der Waals surface area contributed by atoms with Gasteiger partial charge in [0, 0.05) is 18.6 Å². The van der Waals surface area contributed by atoms with Crippen molar-refractivity contribution in [3.63, 3.8) is 0 Å². The summed E-state index contributed by atoms with van der Waals surface area (Å²) in [5, 5.41) is 3.43. The summed E-state index contributed by atoms with van der Waals surface area (Å²) >= 11 is 0. The molecule has 1 aliphatic rings. The van der Waals surface area contributed by atoms with E-state index in [0.29, 0.717) is 0 Å². The topological polar surface area (TPSA) is 37.4 Å². The number of pyridine rings is 1. The predicted molar refractivity (Wildman–Crippen MR) is 89.1 cm³/mol. The van der Waals surface area contributed by atoms with Crippen LogP contribution in [-0.2, 0) is 4.74 Å². The summed E-state index contributed by atoms with van der Waals surface area (Å²) in [5.74, 6) is 1.93. The van der Waals surface area contributed by atoms with Crippen molar-refractivity contribution < 1.29 is 4.74 Å². The first-order valence-corrected chi connectivity index (χ1v) is 7.66. The van der Waals surface area contributed by atoms with Gasteiger partial charge in [-0.05, 0) is 60.6 Å². The lowest BCUT2D eigenvalue weighted by molar-refractivity contribution is -0.133. The third-order valence-electron chi connectivity index (χ3n) is 3.26. The first kappa shape index (κ1) is 16.1. The standard InChI is InChI=1S/C17H29N3O/c1-15(2,3)19-13-9-8-10-14(18-13)20-11-16(4,5)21-17(6,7)12-20/h8-10H,11-12H2,1-7H3,(H,18,19). The number of anilines is 2. The maximum Gasteiger partial charge on any atom is 0.131 e. The Bertz CT molecular complexity index is 487. The smallest absolute Gasteiger partial charge is 0.131 e.